The summed E-state index contributed by atoms with van der Waals surface area (Å²) in [5.41, 5.74) is 3.36. The summed E-state index contributed by atoms with van der Waals surface area (Å²) in [5.74, 6) is -0.0237. The first-order valence-electron chi connectivity index (χ1n) is 8.94. The largest absolute Gasteiger partial charge is 0.350 e. The van der Waals surface area contributed by atoms with Crippen molar-refractivity contribution >= 4 is 40.1 Å². The van der Waals surface area contributed by atoms with Crippen LogP contribution in [-0.2, 0) is 18.3 Å². The van der Waals surface area contributed by atoms with Crippen molar-refractivity contribution < 1.29 is 9.59 Å². The molecule has 0 atom stereocenters. The van der Waals surface area contributed by atoms with Crippen LogP contribution >= 0.6 is 11.6 Å². The van der Waals surface area contributed by atoms with Crippen molar-refractivity contribution in [3.63, 3.8) is 0 Å². The van der Waals surface area contributed by atoms with Crippen LogP contribution in [0.25, 0.3) is 17.0 Å². The van der Waals surface area contributed by atoms with Gasteiger partial charge in [0.1, 0.15) is 5.78 Å². The Morgan fingerprint density at radius 3 is 2.59 bits per heavy atom. The van der Waals surface area contributed by atoms with Crippen LogP contribution in [0.5, 0.6) is 0 Å². The molecule has 0 N–H and O–H groups in total. The van der Waals surface area contributed by atoms with Gasteiger partial charge in [-0.3, -0.25) is 9.59 Å². The lowest BCUT2D eigenvalue weighted by atomic mass is 9.99. The van der Waals surface area contributed by atoms with Gasteiger partial charge in [-0.05, 0) is 35.9 Å². The van der Waals surface area contributed by atoms with Gasteiger partial charge in [-0.2, -0.15) is 0 Å². The number of carbonyl (C=O) groups is 2. The zero-order valence-electron chi connectivity index (χ0n) is 15.7. The SMILES string of the molecule is CC(C)C(=O)Cc1ccc(C(=O)/C=C/c2cn(C)c3ccccc23)c(Cl)c1. The molecule has 0 spiro atoms. The predicted molar refractivity (Wildman–Crippen MR) is 111 cm³/mol. The fraction of sp³-hybridized carbons (Fsp3) is 0.217. The van der Waals surface area contributed by atoms with E-state index in [9.17, 15) is 9.59 Å². The van der Waals surface area contributed by atoms with Crippen LogP contribution in [0.2, 0.25) is 5.02 Å². The highest BCUT2D eigenvalue weighted by Gasteiger charge is 2.12. The Balaban J connectivity index is 1.81. The van der Waals surface area contributed by atoms with Gasteiger partial charge in [-0.25, -0.2) is 0 Å². The molecule has 0 aliphatic heterocycles. The molecule has 0 fully saturated rings. The van der Waals surface area contributed by atoms with Gasteiger partial charge in [0.25, 0.3) is 0 Å². The third-order valence-electron chi connectivity index (χ3n) is 4.66. The van der Waals surface area contributed by atoms with Crippen LogP contribution in [0.3, 0.4) is 0 Å². The fourth-order valence-electron chi connectivity index (χ4n) is 3.03. The number of halogens is 1. The molecule has 138 valence electrons. The minimum absolute atomic E-state index is 0.0197. The van der Waals surface area contributed by atoms with Gasteiger partial charge in [0.15, 0.2) is 5.78 Å². The van der Waals surface area contributed by atoms with Crippen molar-refractivity contribution in [2.24, 2.45) is 13.0 Å². The molecular formula is C23H22ClNO2. The standard InChI is InChI=1S/C23H22ClNO2/c1-15(2)23(27)13-16-8-10-19(20(24)12-16)22(26)11-9-17-14-25(3)21-7-5-4-6-18(17)21/h4-12,14-15H,13H2,1-3H3/b11-9+. The molecule has 4 heteroatoms. The number of nitrogens with zero attached hydrogens (tertiary/aromatic N) is 1. The van der Waals surface area contributed by atoms with Gasteiger partial charge in [0.05, 0.1) is 5.02 Å². The highest BCUT2D eigenvalue weighted by Crippen LogP contribution is 2.23. The number of hydrogen-bond donors (Lipinski definition) is 0. The summed E-state index contributed by atoms with van der Waals surface area (Å²) >= 11 is 6.30. The number of Topliss-reactive ketones (excluding diaryl/α,β-unsaturated/α-hetero) is 1. The van der Waals surface area contributed by atoms with E-state index >= 15 is 0 Å². The van der Waals surface area contributed by atoms with E-state index in [1.54, 1.807) is 24.3 Å². The van der Waals surface area contributed by atoms with E-state index in [4.69, 9.17) is 11.6 Å². The highest BCUT2D eigenvalue weighted by atomic mass is 35.5. The van der Waals surface area contributed by atoms with Gasteiger partial charge >= 0.3 is 0 Å². The molecule has 1 aromatic heterocycles. The molecular weight excluding hydrogens is 358 g/mol. The summed E-state index contributed by atoms with van der Waals surface area (Å²) in [7, 11) is 1.98. The first kappa shape index (κ1) is 19.1. The number of carbonyl (C=O) groups excluding carboxylic acids is 2. The number of aromatic nitrogens is 1. The maximum absolute atomic E-state index is 12.6. The average Bonchev–Trinajstić information content (AvgIpc) is 2.96. The molecule has 1 heterocycles. The maximum Gasteiger partial charge on any atom is 0.187 e. The van der Waals surface area contributed by atoms with Crippen molar-refractivity contribution in [3.05, 3.63) is 76.5 Å². The van der Waals surface area contributed by atoms with E-state index in [0.29, 0.717) is 17.0 Å². The Labute approximate surface area is 164 Å². The van der Waals surface area contributed by atoms with Crippen molar-refractivity contribution in [1.82, 2.24) is 4.57 Å². The zero-order valence-corrected chi connectivity index (χ0v) is 16.5. The van der Waals surface area contributed by atoms with Crippen molar-refractivity contribution in [1.29, 1.82) is 0 Å². The van der Waals surface area contributed by atoms with Crippen LogP contribution in [0.4, 0.5) is 0 Å². The van der Waals surface area contributed by atoms with E-state index in [2.05, 4.69) is 0 Å². The third-order valence-corrected chi connectivity index (χ3v) is 4.98. The fourth-order valence-corrected chi connectivity index (χ4v) is 3.33. The Kier molecular flexibility index (Phi) is 5.62. The Bertz CT molecular complexity index is 1040. The van der Waals surface area contributed by atoms with Gasteiger partial charge in [0, 0.05) is 47.6 Å². The maximum atomic E-state index is 12.6. The first-order chi connectivity index (χ1) is 12.9. The highest BCUT2D eigenvalue weighted by molar-refractivity contribution is 6.34. The number of benzene rings is 2. The smallest absolute Gasteiger partial charge is 0.187 e. The lowest BCUT2D eigenvalue weighted by Gasteiger charge is -2.06. The molecule has 3 aromatic rings. The monoisotopic (exact) mass is 379 g/mol. The molecule has 0 unspecified atom stereocenters. The second-order valence-electron chi connectivity index (χ2n) is 7.02. The molecule has 0 radical (unpaired) electrons. The molecule has 0 amide bonds. The number of allylic oxidation sites excluding steroid dienone is 1. The summed E-state index contributed by atoms with van der Waals surface area (Å²) in [4.78, 5) is 24.5. The number of para-hydroxylation sites is 1. The summed E-state index contributed by atoms with van der Waals surface area (Å²) in [5, 5.41) is 1.47. The molecule has 0 aliphatic rings. The number of rotatable bonds is 6. The normalized spacial score (nSPS) is 11.6. The molecule has 0 saturated heterocycles. The van der Waals surface area contributed by atoms with Crippen LogP contribution in [-0.4, -0.2) is 16.1 Å². The number of hydrogen-bond acceptors (Lipinski definition) is 2. The van der Waals surface area contributed by atoms with Crippen molar-refractivity contribution in [2.75, 3.05) is 0 Å². The quantitative estimate of drug-likeness (QED) is 0.419. The van der Waals surface area contributed by atoms with E-state index in [-0.39, 0.29) is 17.5 Å². The molecule has 0 bridgehead atoms. The minimum Gasteiger partial charge on any atom is -0.350 e. The Morgan fingerprint density at radius 1 is 1.15 bits per heavy atom. The van der Waals surface area contributed by atoms with E-state index < -0.39 is 0 Å². The van der Waals surface area contributed by atoms with Gasteiger partial charge in [0.2, 0.25) is 0 Å². The van der Waals surface area contributed by atoms with Crippen LogP contribution in [0, 0.1) is 5.92 Å². The minimum atomic E-state index is -0.158. The van der Waals surface area contributed by atoms with Crippen molar-refractivity contribution in [2.45, 2.75) is 20.3 Å². The third kappa shape index (κ3) is 4.20. The first-order valence-corrected chi connectivity index (χ1v) is 9.32. The summed E-state index contributed by atoms with van der Waals surface area (Å²) in [6.07, 6.45) is 5.69. The lowest BCUT2D eigenvalue weighted by Crippen LogP contribution is -2.10. The van der Waals surface area contributed by atoms with Gasteiger partial charge in [-0.15, -0.1) is 0 Å². The Morgan fingerprint density at radius 2 is 1.89 bits per heavy atom. The summed E-state index contributed by atoms with van der Waals surface area (Å²) in [6, 6.07) is 13.3. The second kappa shape index (κ2) is 7.93. The number of aryl methyl sites for hydroxylation is 1. The van der Waals surface area contributed by atoms with Gasteiger partial charge in [-0.1, -0.05) is 49.7 Å². The van der Waals surface area contributed by atoms with Crippen LogP contribution in [0.15, 0.2) is 54.7 Å². The van der Waals surface area contributed by atoms with Crippen LogP contribution in [0.1, 0.15) is 35.3 Å². The van der Waals surface area contributed by atoms with Crippen molar-refractivity contribution in [3.8, 4) is 0 Å². The zero-order chi connectivity index (χ0) is 19.6. The molecule has 3 rings (SSSR count). The Hall–Kier alpha value is -2.65. The topological polar surface area (TPSA) is 39.1 Å². The average molecular weight is 380 g/mol. The number of ketones is 2. The summed E-state index contributed by atoms with van der Waals surface area (Å²) < 4.78 is 2.03. The second-order valence-corrected chi connectivity index (χ2v) is 7.43. The number of fused-ring (bicyclic) bond motifs is 1. The molecule has 0 aliphatic carbocycles. The summed E-state index contributed by atoms with van der Waals surface area (Å²) in [6.45, 7) is 3.75. The molecule has 3 nitrogen and oxygen atoms in total. The van der Waals surface area contributed by atoms with Gasteiger partial charge < -0.3 is 4.57 Å². The lowest BCUT2D eigenvalue weighted by molar-refractivity contribution is -0.121. The van der Waals surface area contributed by atoms with E-state index in [1.165, 1.54) is 0 Å². The van der Waals surface area contributed by atoms with E-state index in [1.807, 2.05) is 62.0 Å². The molecule has 0 saturated carbocycles. The van der Waals surface area contributed by atoms with E-state index in [0.717, 1.165) is 22.0 Å². The predicted octanol–water partition coefficient (Wildman–Crippen LogP) is 5.50. The van der Waals surface area contributed by atoms with Crippen LogP contribution < -0.4 is 0 Å². The molecule has 27 heavy (non-hydrogen) atoms. The molecule has 2 aromatic carbocycles.